The standard InChI is InChI=1S/C24H29FN4OS/c1-23(2,3)16-24(4,5)26-20(30)15-31-22-28-27-21(17-10-9-11-18(25)14-17)29(22)19-12-7-6-8-13-19/h6-14H,15-16H2,1-5H3,(H,26,30). The highest BCUT2D eigenvalue weighted by molar-refractivity contribution is 7.99. The van der Waals surface area contributed by atoms with Gasteiger partial charge in [0.05, 0.1) is 5.75 Å². The largest absolute Gasteiger partial charge is 0.350 e. The minimum atomic E-state index is -0.338. The van der Waals surface area contributed by atoms with E-state index < -0.39 is 0 Å². The first kappa shape index (κ1) is 23.0. The van der Waals surface area contributed by atoms with Crippen molar-refractivity contribution in [3.63, 3.8) is 0 Å². The second-order valence-electron chi connectivity index (χ2n) is 9.45. The molecule has 3 aromatic rings. The average Bonchev–Trinajstić information content (AvgIpc) is 3.08. The molecule has 0 fully saturated rings. The Kier molecular flexibility index (Phi) is 6.84. The Balaban J connectivity index is 1.83. The lowest BCUT2D eigenvalue weighted by Crippen LogP contribution is -2.46. The number of rotatable bonds is 7. The van der Waals surface area contributed by atoms with E-state index in [9.17, 15) is 9.18 Å². The molecule has 3 rings (SSSR count). The molecule has 0 unspecified atom stereocenters. The molecular formula is C24H29FN4OS. The summed E-state index contributed by atoms with van der Waals surface area (Å²) < 4.78 is 15.7. The molecule has 0 aliphatic carbocycles. The molecule has 1 aromatic heterocycles. The first-order valence-electron chi connectivity index (χ1n) is 10.2. The van der Waals surface area contributed by atoms with Crippen LogP contribution in [0.5, 0.6) is 0 Å². The Morgan fingerprint density at radius 2 is 1.74 bits per heavy atom. The number of hydrogen-bond acceptors (Lipinski definition) is 4. The highest BCUT2D eigenvalue weighted by Crippen LogP contribution is 2.29. The molecule has 0 aliphatic rings. The van der Waals surface area contributed by atoms with Crippen molar-refractivity contribution in [3.05, 3.63) is 60.4 Å². The molecule has 31 heavy (non-hydrogen) atoms. The Morgan fingerprint density at radius 3 is 2.39 bits per heavy atom. The van der Waals surface area contributed by atoms with Gasteiger partial charge in [0.2, 0.25) is 5.91 Å². The van der Waals surface area contributed by atoms with Gasteiger partial charge in [-0.3, -0.25) is 9.36 Å². The fourth-order valence-corrected chi connectivity index (χ4v) is 4.65. The Labute approximate surface area is 187 Å². The predicted octanol–water partition coefficient (Wildman–Crippen LogP) is 5.50. The number of nitrogens with one attached hydrogen (secondary N) is 1. The van der Waals surface area contributed by atoms with Gasteiger partial charge in [-0.15, -0.1) is 10.2 Å². The third kappa shape index (κ3) is 6.40. The molecule has 0 bridgehead atoms. The number of aromatic nitrogens is 3. The van der Waals surface area contributed by atoms with E-state index in [1.54, 1.807) is 12.1 Å². The van der Waals surface area contributed by atoms with Crippen LogP contribution in [0.25, 0.3) is 17.1 Å². The number of para-hydroxylation sites is 1. The topological polar surface area (TPSA) is 59.8 Å². The maximum atomic E-state index is 13.8. The molecule has 0 saturated heterocycles. The molecular weight excluding hydrogens is 411 g/mol. The number of amides is 1. The van der Waals surface area contributed by atoms with Gasteiger partial charge in [0.1, 0.15) is 5.82 Å². The number of carbonyl (C=O) groups is 1. The number of nitrogens with zero attached hydrogens (tertiary/aromatic N) is 3. The smallest absolute Gasteiger partial charge is 0.230 e. The monoisotopic (exact) mass is 440 g/mol. The molecule has 5 nitrogen and oxygen atoms in total. The molecule has 1 amide bonds. The molecule has 164 valence electrons. The van der Waals surface area contributed by atoms with Crippen molar-refractivity contribution in [1.29, 1.82) is 0 Å². The normalized spacial score (nSPS) is 12.1. The number of benzene rings is 2. The van der Waals surface area contributed by atoms with Crippen LogP contribution in [0.2, 0.25) is 0 Å². The summed E-state index contributed by atoms with van der Waals surface area (Å²) >= 11 is 1.31. The Morgan fingerprint density at radius 1 is 1.03 bits per heavy atom. The van der Waals surface area contributed by atoms with Crippen LogP contribution in [0.1, 0.15) is 41.0 Å². The lowest BCUT2D eigenvalue weighted by atomic mass is 9.82. The van der Waals surface area contributed by atoms with E-state index in [1.807, 2.05) is 48.7 Å². The van der Waals surface area contributed by atoms with Crippen molar-refractivity contribution in [2.24, 2.45) is 5.41 Å². The van der Waals surface area contributed by atoms with E-state index >= 15 is 0 Å². The van der Waals surface area contributed by atoms with E-state index in [1.165, 1.54) is 23.9 Å². The maximum absolute atomic E-state index is 13.8. The van der Waals surface area contributed by atoms with Crippen molar-refractivity contribution >= 4 is 17.7 Å². The highest BCUT2D eigenvalue weighted by atomic mass is 32.2. The van der Waals surface area contributed by atoms with Gasteiger partial charge in [-0.05, 0) is 49.9 Å². The van der Waals surface area contributed by atoms with E-state index in [0.717, 1.165) is 12.1 Å². The molecule has 0 radical (unpaired) electrons. The summed E-state index contributed by atoms with van der Waals surface area (Å²) in [6.07, 6.45) is 0.861. The summed E-state index contributed by atoms with van der Waals surface area (Å²) in [6, 6.07) is 15.9. The summed E-state index contributed by atoms with van der Waals surface area (Å²) in [6.45, 7) is 10.6. The van der Waals surface area contributed by atoms with Crippen molar-refractivity contribution < 1.29 is 9.18 Å². The van der Waals surface area contributed by atoms with Crippen LogP contribution in [-0.2, 0) is 4.79 Å². The maximum Gasteiger partial charge on any atom is 0.230 e. The SMILES string of the molecule is CC(C)(C)CC(C)(C)NC(=O)CSc1nnc(-c2cccc(F)c2)n1-c1ccccc1. The van der Waals surface area contributed by atoms with Crippen LogP contribution in [0.3, 0.4) is 0 Å². The van der Waals surface area contributed by atoms with E-state index in [2.05, 4.69) is 36.3 Å². The van der Waals surface area contributed by atoms with Gasteiger partial charge in [-0.2, -0.15) is 0 Å². The highest BCUT2D eigenvalue weighted by Gasteiger charge is 2.27. The summed E-state index contributed by atoms with van der Waals surface area (Å²) in [5, 5.41) is 12.3. The number of halogens is 1. The number of thioether (sulfide) groups is 1. The first-order valence-corrected chi connectivity index (χ1v) is 11.2. The predicted molar refractivity (Wildman–Crippen MR) is 124 cm³/mol. The molecule has 1 N–H and O–H groups in total. The van der Waals surface area contributed by atoms with Gasteiger partial charge >= 0.3 is 0 Å². The minimum absolute atomic E-state index is 0.0610. The molecule has 0 spiro atoms. The van der Waals surface area contributed by atoms with Gasteiger partial charge in [0.25, 0.3) is 0 Å². The summed E-state index contributed by atoms with van der Waals surface area (Å²) in [4.78, 5) is 12.6. The summed E-state index contributed by atoms with van der Waals surface area (Å²) in [5.74, 6) is 0.340. The molecule has 1 heterocycles. The quantitative estimate of drug-likeness (QED) is 0.493. The number of carbonyl (C=O) groups excluding carboxylic acids is 1. The van der Waals surface area contributed by atoms with Gasteiger partial charge in [0.15, 0.2) is 11.0 Å². The van der Waals surface area contributed by atoms with E-state index in [4.69, 9.17) is 0 Å². The molecule has 7 heteroatoms. The van der Waals surface area contributed by atoms with Gasteiger partial charge in [-0.1, -0.05) is 62.9 Å². The third-order valence-corrected chi connectivity index (χ3v) is 5.44. The van der Waals surface area contributed by atoms with Gasteiger partial charge in [0, 0.05) is 16.8 Å². The lowest BCUT2D eigenvalue weighted by molar-refractivity contribution is -0.120. The number of hydrogen-bond donors (Lipinski definition) is 1. The van der Waals surface area contributed by atoms with Crippen molar-refractivity contribution in [2.75, 3.05) is 5.75 Å². The minimum Gasteiger partial charge on any atom is -0.350 e. The van der Waals surface area contributed by atoms with Crippen LogP contribution >= 0.6 is 11.8 Å². The average molecular weight is 441 g/mol. The van der Waals surface area contributed by atoms with Crippen LogP contribution in [0.15, 0.2) is 59.8 Å². The molecule has 0 aliphatic heterocycles. The lowest BCUT2D eigenvalue weighted by Gasteiger charge is -2.33. The van der Waals surface area contributed by atoms with Crippen molar-refractivity contribution in [1.82, 2.24) is 20.1 Å². The van der Waals surface area contributed by atoms with Crippen LogP contribution in [-0.4, -0.2) is 32.0 Å². The zero-order valence-electron chi connectivity index (χ0n) is 18.6. The summed E-state index contributed by atoms with van der Waals surface area (Å²) in [5.41, 5.74) is 1.27. The second-order valence-corrected chi connectivity index (χ2v) is 10.4. The summed E-state index contributed by atoms with van der Waals surface area (Å²) in [7, 11) is 0. The van der Waals surface area contributed by atoms with Crippen LogP contribution in [0, 0.1) is 11.2 Å². The fourth-order valence-electron chi connectivity index (χ4n) is 3.90. The van der Waals surface area contributed by atoms with E-state index in [0.29, 0.717) is 16.5 Å². The third-order valence-electron chi connectivity index (χ3n) is 4.51. The van der Waals surface area contributed by atoms with E-state index in [-0.39, 0.29) is 28.4 Å². The van der Waals surface area contributed by atoms with Gasteiger partial charge in [-0.25, -0.2) is 4.39 Å². The molecule has 2 aromatic carbocycles. The molecule has 0 saturated carbocycles. The molecule has 0 atom stereocenters. The van der Waals surface area contributed by atoms with Crippen molar-refractivity contribution in [2.45, 2.75) is 51.7 Å². The zero-order chi connectivity index (χ0) is 22.6. The Bertz CT molecular complexity index is 1040. The Hall–Kier alpha value is -2.67. The van der Waals surface area contributed by atoms with Gasteiger partial charge < -0.3 is 5.32 Å². The zero-order valence-corrected chi connectivity index (χ0v) is 19.5. The fraction of sp³-hybridized carbons (Fsp3) is 0.375. The second kappa shape index (κ2) is 9.22. The van der Waals surface area contributed by atoms with Crippen LogP contribution in [0.4, 0.5) is 4.39 Å². The van der Waals surface area contributed by atoms with Crippen molar-refractivity contribution in [3.8, 4) is 17.1 Å². The van der Waals surface area contributed by atoms with Crippen LogP contribution < -0.4 is 5.32 Å². The first-order chi connectivity index (χ1) is 14.5.